The Bertz CT molecular complexity index is 194. The highest BCUT2D eigenvalue weighted by molar-refractivity contribution is 5.80. The van der Waals surface area contributed by atoms with Crippen LogP contribution < -0.4 is 0 Å². The smallest absolute Gasteiger partial charge is 0.139 e. The van der Waals surface area contributed by atoms with Gasteiger partial charge in [0.2, 0.25) is 0 Å². The molecule has 1 rings (SSSR count). The SMILES string of the molecule is C=C[C@@H]1C=CCC(=O)C[C@H]1O. The van der Waals surface area contributed by atoms with Gasteiger partial charge in [0.15, 0.2) is 0 Å². The molecule has 0 fully saturated rings. The lowest BCUT2D eigenvalue weighted by molar-refractivity contribution is -0.120. The first-order valence-electron chi connectivity index (χ1n) is 3.73. The third-order valence-electron chi connectivity index (χ3n) is 1.86. The minimum Gasteiger partial charge on any atom is -0.392 e. The molecular formula is C9H12O2. The monoisotopic (exact) mass is 152 g/mol. The van der Waals surface area contributed by atoms with Crippen LogP contribution in [0, 0.1) is 5.92 Å². The summed E-state index contributed by atoms with van der Waals surface area (Å²) in [5.74, 6) is 0.0413. The van der Waals surface area contributed by atoms with E-state index in [1.54, 1.807) is 12.2 Å². The van der Waals surface area contributed by atoms with Gasteiger partial charge in [-0.25, -0.2) is 0 Å². The number of rotatable bonds is 1. The van der Waals surface area contributed by atoms with E-state index >= 15 is 0 Å². The van der Waals surface area contributed by atoms with Crippen LogP contribution in [-0.2, 0) is 4.79 Å². The van der Waals surface area contributed by atoms with Crippen molar-refractivity contribution in [3.63, 3.8) is 0 Å². The first-order chi connectivity index (χ1) is 5.24. The summed E-state index contributed by atoms with van der Waals surface area (Å²) in [5.41, 5.74) is 0. The molecule has 0 bridgehead atoms. The predicted molar refractivity (Wildman–Crippen MR) is 43.1 cm³/mol. The van der Waals surface area contributed by atoms with Crippen LogP contribution in [-0.4, -0.2) is 17.0 Å². The van der Waals surface area contributed by atoms with E-state index in [1.807, 2.05) is 6.08 Å². The molecule has 0 spiro atoms. The molecule has 1 N–H and O–H groups in total. The molecule has 0 saturated heterocycles. The summed E-state index contributed by atoms with van der Waals surface area (Å²) in [6.45, 7) is 3.58. The van der Waals surface area contributed by atoms with Gasteiger partial charge < -0.3 is 5.11 Å². The predicted octanol–water partition coefficient (Wildman–Crippen LogP) is 1.07. The zero-order valence-electron chi connectivity index (χ0n) is 6.36. The van der Waals surface area contributed by atoms with Gasteiger partial charge in [0.25, 0.3) is 0 Å². The molecule has 2 atom stereocenters. The third-order valence-corrected chi connectivity index (χ3v) is 1.86. The minimum atomic E-state index is -0.571. The van der Waals surface area contributed by atoms with Crippen molar-refractivity contribution in [3.05, 3.63) is 24.8 Å². The van der Waals surface area contributed by atoms with E-state index in [1.165, 1.54) is 0 Å². The van der Waals surface area contributed by atoms with Gasteiger partial charge >= 0.3 is 0 Å². The Morgan fingerprint density at radius 1 is 1.73 bits per heavy atom. The maximum Gasteiger partial charge on any atom is 0.139 e. The van der Waals surface area contributed by atoms with Gasteiger partial charge in [-0.05, 0) is 0 Å². The number of hydrogen-bond donors (Lipinski definition) is 1. The highest BCUT2D eigenvalue weighted by Crippen LogP contribution is 2.16. The Balaban J connectivity index is 2.69. The molecule has 1 aliphatic rings. The highest BCUT2D eigenvalue weighted by atomic mass is 16.3. The lowest BCUT2D eigenvalue weighted by Gasteiger charge is -2.11. The van der Waals surface area contributed by atoms with Crippen molar-refractivity contribution < 1.29 is 9.90 Å². The molecule has 0 amide bonds. The molecule has 11 heavy (non-hydrogen) atoms. The number of aliphatic hydroxyl groups is 1. The fourth-order valence-electron chi connectivity index (χ4n) is 1.17. The van der Waals surface area contributed by atoms with Gasteiger partial charge in [-0.3, -0.25) is 4.79 Å². The fraction of sp³-hybridized carbons (Fsp3) is 0.444. The Morgan fingerprint density at radius 2 is 2.45 bits per heavy atom. The Kier molecular flexibility index (Phi) is 2.60. The van der Waals surface area contributed by atoms with Crippen molar-refractivity contribution in [2.24, 2.45) is 5.92 Å². The third kappa shape index (κ3) is 2.02. The maximum atomic E-state index is 10.9. The van der Waals surface area contributed by atoms with Gasteiger partial charge in [-0.15, -0.1) is 6.58 Å². The van der Waals surface area contributed by atoms with Gasteiger partial charge in [0, 0.05) is 18.8 Å². The highest BCUT2D eigenvalue weighted by Gasteiger charge is 2.18. The molecule has 0 unspecified atom stereocenters. The summed E-state index contributed by atoms with van der Waals surface area (Å²) in [5, 5.41) is 9.38. The Labute approximate surface area is 66.2 Å². The largest absolute Gasteiger partial charge is 0.392 e. The van der Waals surface area contributed by atoms with Crippen molar-refractivity contribution in [2.75, 3.05) is 0 Å². The lowest BCUT2D eigenvalue weighted by Crippen LogP contribution is -2.18. The summed E-state index contributed by atoms with van der Waals surface area (Å²) in [6, 6.07) is 0. The molecule has 0 aromatic rings. The van der Waals surface area contributed by atoms with Crippen molar-refractivity contribution in [1.82, 2.24) is 0 Å². The fourth-order valence-corrected chi connectivity index (χ4v) is 1.17. The maximum absolute atomic E-state index is 10.9. The number of hydrogen-bond acceptors (Lipinski definition) is 2. The van der Waals surface area contributed by atoms with Crippen LogP contribution >= 0.6 is 0 Å². The molecule has 0 radical (unpaired) electrons. The van der Waals surface area contributed by atoms with E-state index in [2.05, 4.69) is 6.58 Å². The molecule has 0 saturated carbocycles. The van der Waals surface area contributed by atoms with E-state index in [4.69, 9.17) is 0 Å². The second kappa shape index (κ2) is 3.49. The molecule has 1 aliphatic carbocycles. The van der Waals surface area contributed by atoms with Gasteiger partial charge in [0.1, 0.15) is 5.78 Å². The van der Waals surface area contributed by atoms with E-state index in [-0.39, 0.29) is 18.1 Å². The zero-order chi connectivity index (χ0) is 8.27. The van der Waals surface area contributed by atoms with Crippen molar-refractivity contribution in [1.29, 1.82) is 0 Å². The lowest BCUT2D eigenvalue weighted by atomic mass is 10.0. The summed E-state index contributed by atoms with van der Waals surface area (Å²) >= 11 is 0. The summed E-state index contributed by atoms with van der Waals surface area (Å²) in [6.07, 6.45) is 5.43. The van der Waals surface area contributed by atoms with Crippen molar-refractivity contribution in [3.8, 4) is 0 Å². The first kappa shape index (κ1) is 8.21. The van der Waals surface area contributed by atoms with Crippen molar-refractivity contribution >= 4 is 5.78 Å². The van der Waals surface area contributed by atoms with E-state index in [0.717, 1.165) is 0 Å². The number of carbonyl (C=O) groups is 1. The first-order valence-corrected chi connectivity index (χ1v) is 3.73. The van der Waals surface area contributed by atoms with Crippen LogP contribution in [0.25, 0.3) is 0 Å². The standard InChI is InChI=1S/C9H12O2/c1-2-7-4-3-5-8(10)6-9(7)11/h2-4,7,9,11H,1,5-6H2/t7-,9-/m1/s1. The average molecular weight is 152 g/mol. The van der Waals surface area contributed by atoms with Gasteiger partial charge in [-0.2, -0.15) is 0 Å². The van der Waals surface area contributed by atoms with Crippen LogP contribution in [0.15, 0.2) is 24.8 Å². The average Bonchev–Trinajstić information content (AvgIpc) is 2.11. The van der Waals surface area contributed by atoms with E-state index in [0.29, 0.717) is 6.42 Å². The van der Waals surface area contributed by atoms with Crippen LogP contribution in [0.4, 0.5) is 0 Å². The number of allylic oxidation sites excluding steroid dienone is 1. The van der Waals surface area contributed by atoms with Crippen molar-refractivity contribution in [2.45, 2.75) is 18.9 Å². The quantitative estimate of drug-likeness (QED) is 0.570. The second-order valence-corrected chi connectivity index (χ2v) is 2.76. The van der Waals surface area contributed by atoms with Gasteiger partial charge in [0.05, 0.1) is 6.10 Å². The van der Waals surface area contributed by atoms with Crippen LogP contribution in [0.1, 0.15) is 12.8 Å². The van der Waals surface area contributed by atoms with E-state index in [9.17, 15) is 9.90 Å². The topological polar surface area (TPSA) is 37.3 Å². The summed E-state index contributed by atoms with van der Waals surface area (Å²) < 4.78 is 0. The van der Waals surface area contributed by atoms with Gasteiger partial charge in [-0.1, -0.05) is 18.2 Å². The summed E-state index contributed by atoms with van der Waals surface area (Å²) in [4.78, 5) is 10.9. The van der Waals surface area contributed by atoms with Crippen LogP contribution in [0.3, 0.4) is 0 Å². The molecule has 0 aromatic carbocycles. The van der Waals surface area contributed by atoms with Crippen LogP contribution in [0.5, 0.6) is 0 Å². The Morgan fingerprint density at radius 3 is 3.09 bits per heavy atom. The molecule has 2 nitrogen and oxygen atoms in total. The number of Topliss-reactive ketones (excluding diaryl/α,β-unsaturated/α-hetero) is 1. The molecule has 0 aromatic heterocycles. The molecule has 0 heterocycles. The molecular weight excluding hydrogens is 140 g/mol. The summed E-state index contributed by atoms with van der Waals surface area (Å²) in [7, 11) is 0. The Hall–Kier alpha value is -0.890. The molecule has 60 valence electrons. The number of carbonyl (C=O) groups excluding carboxylic acids is 1. The molecule has 0 aliphatic heterocycles. The number of ketones is 1. The molecule has 2 heteroatoms. The minimum absolute atomic E-state index is 0.0542. The number of aliphatic hydroxyl groups excluding tert-OH is 1. The normalized spacial score (nSPS) is 31.5. The second-order valence-electron chi connectivity index (χ2n) is 2.76. The zero-order valence-corrected chi connectivity index (χ0v) is 6.36. The van der Waals surface area contributed by atoms with E-state index < -0.39 is 6.10 Å². The van der Waals surface area contributed by atoms with Crippen LogP contribution in [0.2, 0.25) is 0 Å².